The van der Waals surface area contributed by atoms with Gasteiger partial charge >= 0.3 is 0 Å². The van der Waals surface area contributed by atoms with Gasteiger partial charge in [-0.3, -0.25) is 4.79 Å². The summed E-state index contributed by atoms with van der Waals surface area (Å²) >= 11 is 0. The van der Waals surface area contributed by atoms with Crippen molar-refractivity contribution < 1.29 is 9.53 Å². The van der Waals surface area contributed by atoms with Gasteiger partial charge in [-0.25, -0.2) is 0 Å². The number of nitrogens with one attached hydrogen (secondary N) is 1. The van der Waals surface area contributed by atoms with Crippen LogP contribution >= 0.6 is 0 Å². The van der Waals surface area contributed by atoms with Gasteiger partial charge < -0.3 is 10.1 Å². The van der Waals surface area contributed by atoms with Crippen LogP contribution in [0.4, 0.5) is 0 Å². The van der Waals surface area contributed by atoms with Crippen LogP contribution in [0.5, 0.6) is 0 Å². The van der Waals surface area contributed by atoms with E-state index in [-0.39, 0.29) is 17.2 Å². The Morgan fingerprint density at radius 3 is 2.81 bits per heavy atom. The van der Waals surface area contributed by atoms with Gasteiger partial charge in [0.15, 0.2) is 0 Å². The number of rotatable bonds is 5. The van der Waals surface area contributed by atoms with E-state index in [9.17, 15) is 4.79 Å². The Hall–Kier alpha value is -0.830. The molecule has 1 amide bonds. The summed E-state index contributed by atoms with van der Waals surface area (Å²) in [4.78, 5) is 11.9. The molecule has 1 rings (SSSR count). The molecule has 0 saturated carbocycles. The highest BCUT2D eigenvalue weighted by Gasteiger charge is 2.22. The molecule has 0 spiro atoms. The second-order valence-corrected chi connectivity index (χ2v) is 5.30. The minimum absolute atomic E-state index is 0.00885. The van der Waals surface area contributed by atoms with Crippen LogP contribution in [0.2, 0.25) is 0 Å². The van der Waals surface area contributed by atoms with Crippen LogP contribution in [-0.4, -0.2) is 26.2 Å². The van der Waals surface area contributed by atoms with Crippen LogP contribution in [0.1, 0.15) is 33.1 Å². The Morgan fingerprint density at radius 1 is 1.50 bits per heavy atom. The lowest BCUT2D eigenvalue weighted by atomic mass is 9.91. The lowest BCUT2D eigenvalue weighted by Gasteiger charge is -2.25. The standard InChI is InChI=1S/C13H23NO2/c1-13(2,10-16-3)9-14-12(15)11-7-5-4-6-8-11/h4-5,11H,6-10H2,1-3H3,(H,14,15). The van der Waals surface area contributed by atoms with Gasteiger partial charge in [0.2, 0.25) is 5.91 Å². The molecule has 3 heteroatoms. The third-order valence-electron chi connectivity index (χ3n) is 2.92. The summed E-state index contributed by atoms with van der Waals surface area (Å²) in [6, 6.07) is 0. The van der Waals surface area contributed by atoms with Crippen molar-refractivity contribution in [1.82, 2.24) is 5.32 Å². The highest BCUT2D eigenvalue weighted by Crippen LogP contribution is 2.19. The Morgan fingerprint density at radius 2 is 2.25 bits per heavy atom. The molecule has 0 radical (unpaired) electrons. The number of amides is 1. The second kappa shape index (κ2) is 6.04. The van der Waals surface area contributed by atoms with E-state index in [0.717, 1.165) is 19.3 Å². The summed E-state index contributed by atoms with van der Waals surface area (Å²) in [6.45, 7) is 5.53. The molecule has 3 nitrogen and oxygen atoms in total. The molecule has 0 saturated heterocycles. The van der Waals surface area contributed by atoms with E-state index >= 15 is 0 Å². The minimum atomic E-state index is 0.00885. The normalized spacial score (nSPS) is 20.8. The third kappa shape index (κ3) is 4.35. The van der Waals surface area contributed by atoms with E-state index in [1.165, 1.54) is 0 Å². The van der Waals surface area contributed by atoms with Crippen molar-refractivity contribution in [2.45, 2.75) is 33.1 Å². The largest absolute Gasteiger partial charge is 0.384 e. The Kier molecular flexibility index (Phi) is 5.00. The topological polar surface area (TPSA) is 38.3 Å². The SMILES string of the molecule is COCC(C)(C)CNC(=O)C1CC=CCC1. The molecular weight excluding hydrogens is 202 g/mol. The van der Waals surface area contributed by atoms with Crippen molar-refractivity contribution in [3.05, 3.63) is 12.2 Å². The van der Waals surface area contributed by atoms with Gasteiger partial charge in [0.05, 0.1) is 6.61 Å². The molecule has 1 aliphatic carbocycles. The first-order chi connectivity index (χ1) is 7.55. The van der Waals surface area contributed by atoms with E-state index in [4.69, 9.17) is 4.74 Å². The molecule has 0 aromatic rings. The predicted octanol–water partition coefficient (Wildman–Crippen LogP) is 2.13. The predicted molar refractivity (Wildman–Crippen MR) is 65.1 cm³/mol. The molecule has 16 heavy (non-hydrogen) atoms. The van der Waals surface area contributed by atoms with Gasteiger partial charge in [-0.2, -0.15) is 0 Å². The first kappa shape index (κ1) is 13.2. The van der Waals surface area contributed by atoms with Gasteiger partial charge in [0.25, 0.3) is 0 Å². The monoisotopic (exact) mass is 225 g/mol. The maximum Gasteiger partial charge on any atom is 0.223 e. The van der Waals surface area contributed by atoms with Crippen LogP contribution in [0.3, 0.4) is 0 Å². The number of allylic oxidation sites excluding steroid dienone is 2. The highest BCUT2D eigenvalue weighted by molar-refractivity contribution is 5.79. The zero-order valence-corrected chi connectivity index (χ0v) is 10.6. The van der Waals surface area contributed by atoms with Crippen LogP contribution in [0, 0.1) is 11.3 Å². The van der Waals surface area contributed by atoms with Gasteiger partial charge in [-0.1, -0.05) is 26.0 Å². The minimum Gasteiger partial charge on any atom is -0.384 e. The lowest BCUT2D eigenvalue weighted by molar-refractivity contribution is -0.125. The van der Waals surface area contributed by atoms with Gasteiger partial charge in [-0.05, 0) is 19.3 Å². The van der Waals surface area contributed by atoms with E-state index in [1.54, 1.807) is 7.11 Å². The van der Waals surface area contributed by atoms with Crippen molar-refractivity contribution in [3.8, 4) is 0 Å². The van der Waals surface area contributed by atoms with Gasteiger partial charge in [0.1, 0.15) is 0 Å². The Bertz CT molecular complexity index is 259. The van der Waals surface area contributed by atoms with E-state index < -0.39 is 0 Å². The molecule has 1 unspecified atom stereocenters. The number of hydrogen-bond acceptors (Lipinski definition) is 2. The molecule has 0 fully saturated rings. The Balaban J connectivity index is 2.31. The van der Waals surface area contributed by atoms with Crippen molar-refractivity contribution in [2.24, 2.45) is 11.3 Å². The first-order valence-electron chi connectivity index (χ1n) is 5.97. The summed E-state index contributed by atoms with van der Waals surface area (Å²) in [5, 5.41) is 3.02. The first-order valence-corrected chi connectivity index (χ1v) is 5.97. The van der Waals surface area contributed by atoms with Crippen LogP contribution in [0.15, 0.2) is 12.2 Å². The molecule has 92 valence electrons. The van der Waals surface area contributed by atoms with Crippen LogP contribution < -0.4 is 5.32 Å². The molecule has 1 N–H and O–H groups in total. The average Bonchev–Trinajstić information content (AvgIpc) is 2.27. The molecule has 1 atom stereocenters. The number of carbonyl (C=O) groups excluding carboxylic acids is 1. The van der Waals surface area contributed by atoms with Crippen molar-refractivity contribution in [2.75, 3.05) is 20.3 Å². The van der Waals surface area contributed by atoms with Crippen LogP contribution in [-0.2, 0) is 9.53 Å². The van der Waals surface area contributed by atoms with Gasteiger partial charge in [-0.15, -0.1) is 0 Å². The Labute approximate surface area is 98.2 Å². The molecule has 0 aromatic carbocycles. The third-order valence-corrected chi connectivity index (χ3v) is 2.92. The number of ether oxygens (including phenoxy) is 1. The molecule has 0 bridgehead atoms. The maximum absolute atomic E-state index is 11.9. The fourth-order valence-electron chi connectivity index (χ4n) is 1.94. The van der Waals surface area contributed by atoms with Crippen molar-refractivity contribution >= 4 is 5.91 Å². The summed E-state index contributed by atoms with van der Waals surface area (Å²) in [7, 11) is 1.69. The fraction of sp³-hybridized carbons (Fsp3) is 0.769. The van der Waals surface area contributed by atoms with E-state index in [0.29, 0.717) is 13.2 Å². The zero-order chi connectivity index (χ0) is 12.0. The molecule has 1 aliphatic rings. The number of hydrogen-bond donors (Lipinski definition) is 1. The summed E-state index contributed by atoms with van der Waals surface area (Å²) < 4.78 is 5.12. The smallest absolute Gasteiger partial charge is 0.223 e. The van der Waals surface area contributed by atoms with Crippen LogP contribution in [0.25, 0.3) is 0 Å². The second-order valence-electron chi connectivity index (χ2n) is 5.30. The van der Waals surface area contributed by atoms with Gasteiger partial charge in [0, 0.05) is 25.0 Å². The summed E-state index contributed by atoms with van der Waals surface area (Å²) in [6.07, 6.45) is 7.15. The van der Waals surface area contributed by atoms with Crippen molar-refractivity contribution in [3.63, 3.8) is 0 Å². The maximum atomic E-state index is 11.9. The van der Waals surface area contributed by atoms with E-state index in [1.807, 2.05) is 0 Å². The molecular formula is C13H23NO2. The summed E-state index contributed by atoms with van der Waals surface area (Å²) in [5.41, 5.74) is 0.00885. The zero-order valence-electron chi connectivity index (χ0n) is 10.6. The molecule has 0 aromatic heterocycles. The molecule has 0 heterocycles. The number of methoxy groups -OCH3 is 1. The average molecular weight is 225 g/mol. The number of carbonyl (C=O) groups is 1. The fourth-order valence-corrected chi connectivity index (χ4v) is 1.94. The van der Waals surface area contributed by atoms with Crippen molar-refractivity contribution in [1.29, 1.82) is 0 Å². The lowest BCUT2D eigenvalue weighted by Crippen LogP contribution is -2.39. The molecule has 0 aliphatic heterocycles. The highest BCUT2D eigenvalue weighted by atomic mass is 16.5. The quantitative estimate of drug-likeness (QED) is 0.728. The van der Waals surface area contributed by atoms with E-state index in [2.05, 4.69) is 31.3 Å². The summed E-state index contributed by atoms with van der Waals surface area (Å²) in [5.74, 6) is 0.358.